The molecule has 0 spiro atoms. The van der Waals surface area contributed by atoms with Crippen molar-refractivity contribution in [3.05, 3.63) is 30.5 Å². The second kappa shape index (κ2) is 7.54. The van der Waals surface area contributed by atoms with Crippen molar-refractivity contribution >= 4 is 23.1 Å². The predicted octanol–water partition coefficient (Wildman–Crippen LogP) is 1.62. The van der Waals surface area contributed by atoms with Crippen molar-refractivity contribution in [2.75, 3.05) is 29.7 Å². The van der Waals surface area contributed by atoms with E-state index in [0.29, 0.717) is 29.4 Å². The molecule has 0 radical (unpaired) electrons. The van der Waals surface area contributed by atoms with Gasteiger partial charge in [0.25, 0.3) is 0 Å². The van der Waals surface area contributed by atoms with Gasteiger partial charge in [-0.05, 0) is 56.0 Å². The number of hydrogen-bond donors (Lipinski definition) is 4. The van der Waals surface area contributed by atoms with Crippen LogP contribution >= 0.6 is 0 Å². The van der Waals surface area contributed by atoms with E-state index in [1.54, 1.807) is 13.3 Å². The van der Waals surface area contributed by atoms with Crippen LogP contribution < -0.4 is 32.4 Å². The van der Waals surface area contributed by atoms with E-state index < -0.39 is 0 Å². The van der Waals surface area contributed by atoms with E-state index >= 15 is 0 Å². The third-order valence-electron chi connectivity index (χ3n) is 4.58. The summed E-state index contributed by atoms with van der Waals surface area (Å²) in [5, 5.41) is 4.81. The number of benzene rings is 1. The fourth-order valence-electron chi connectivity index (χ4n) is 3.11. The first-order chi connectivity index (χ1) is 12.1. The van der Waals surface area contributed by atoms with E-state index in [4.69, 9.17) is 22.0 Å². The van der Waals surface area contributed by atoms with Crippen LogP contribution in [0.15, 0.2) is 30.5 Å². The van der Waals surface area contributed by atoms with Crippen LogP contribution in [-0.4, -0.2) is 29.7 Å². The molecule has 3 rings (SSSR count). The number of nitrogens with one attached hydrogen (secondary N) is 1. The van der Waals surface area contributed by atoms with Gasteiger partial charge in [0, 0.05) is 6.04 Å². The van der Waals surface area contributed by atoms with E-state index in [0.717, 1.165) is 37.2 Å². The number of nitrogens with two attached hydrogens (primary N) is 3. The van der Waals surface area contributed by atoms with Crippen LogP contribution in [0.5, 0.6) is 5.75 Å². The summed E-state index contributed by atoms with van der Waals surface area (Å²) in [7, 11) is 1.62. The number of hydrazine groups is 1. The lowest BCUT2D eigenvalue weighted by Crippen LogP contribution is -2.28. The van der Waals surface area contributed by atoms with Gasteiger partial charge < -0.3 is 21.5 Å². The molecule has 2 unspecified atom stereocenters. The highest BCUT2D eigenvalue weighted by atomic mass is 16.5. The molecule has 1 aliphatic rings. The first-order valence-corrected chi connectivity index (χ1v) is 8.38. The Morgan fingerprint density at radius 1 is 1.28 bits per heavy atom. The van der Waals surface area contributed by atoms with Gasteiger partial charge in [-0.1, -0.05) is 0 Å². The summed E-state index contributed by atoms with van der Waals surface area (Å²) in [5.41, 5.74) is 12.9. The number of aromatic nitrogens is 2. The molecule has 25 heavy (non-hydrogen) atoms. The summed E-state index contributed by atoms with van der Waals surface area (Å²) in [4.78, 5) is 8.77. The molecular formula is C17H25N7O. The smallest absolute Gasteiger partial charge is 0.225 e. The predicted molar refractivity (Wildman–Crippen MR) is 99.6 cm³/mol. The van der Waals surface area contributed by atoms with Crippen LogP contribution in [-0.2, 0) is 0 Å². The summed E-state index contributed by atoms with van der Waals surface area (Å²) in [6.07, 6.45) is 4.80. The number of nitrogens with zero attached hydrogens (tertiary/aromatic N) is 3. The minimum atomic E-state index is 0.331. The van der Waals surface area contributed by atoms with Gasteiger partial charge in [0.2, 0.25) is 5.95 Å². The van der Waals surface area contributed by atoms with Crippen molar-refractivity contribution in [1.82, 2.24) is 9.97 Å². The van der Waals surface area contributed by atoms with Crippen molar-refractivity contribution in [2.24, 2.45) is 17.5 Å². The molecule has 1 saturated carbocycles. The lowest BCUT2D eigenvalue weighted by molar-refractivity contribution is 0.415. The molecule has 0 bridgehead atoms. The van der Waals surface area contributed by atoms with E-state index in [1.807, 2.05) is 24.3 Å². The molecule has 8 nitrogen and oxygen atoms in total. The fraction of sp³-hybridized carbons (Fsp3) is 0.412. The largest absolute Gasteiger partial charge is 0.497 e. The average molecular weight is 343 g/mol. The Morgan fingerprint density at radius 3 is 2.68 bits per heavy atom. The summed E-state index contributed by atoms with van der Waals surface area (Å²) in [6.45, 7) is 0.722. The normalized spacial score (nSPS) is 19.6. The molecule has 134 valence electrons. The summed E-state index contributed by atoms with van der Waals surface area (Å²) < 4.78 is 5.16. The minimum absolute atomic E-state index is 0.331. The van der Waals surface area contributed by atoms with Gasteiger partial charge in [-0.15, -0.1) is 0 Å². The maximum Gasteiger partial charge on any atom is 0.225 e. The zero-order valence-corrected chi connectivity index (χ0v) is 14.4. The number of ether oxygens (including phenoxy) is 1. The summed E-state index contributed by atoms with van der Waals surface area (Å²) in [5.74, 6) is 8.51. The maximum absolute atomic E-state index is 6.21. The molecule has 1 aromatic heterocycles. The molecule has 2 atom stereocenters. The zero-order valence-electron chi connectivity index (χ0n) is 14.4. The highest BCUT2D eigenvalue weighted by Crippen LogP contribution is 2.29. The average Bonchev–Trinajstić information content (AvgIpc) is 3.10. The number of anilines is 4. The highest BCUT2D eigenvalue weighted by molar-refractivity contribution is 5.70. The van der Waals surface area contributed by atoms with Gasteiger partial charge in [-0.2, -0.15) is 4.98 Å². The quantitative estimate of drug-likeness (QED) is 0.460. The number of nitrogen functional groups attached to an aromatic ring is 1. The second-order valence-corrected chi connectivity index (χ2v) is 6.30. The molecule has 0 aliphatic heterocycles. The third-order valence-corrected chi connectivity index (χ3v) is 4.58. The molecule has 1 aliphatic carbocycles. The number of methoxy groups -OCH3 is 1. The van der Waals surface area contributed by atoms with Crippen LogP contribution in [0.3, 0.4) is 0 Å². The van der Waals surface area contributed by atoms with Crippen LogP contribution in [0, 0.1) is 5.92 Å². The third kappa shape index (κ3) is 3.92. The van der Waals surface area contributed by atoms with Crippen molar-refractivity contribution in [2.45, 2.75) is 25.3 Å². The lowest BCUT2D eigenvalue weighted by atomic mass is 10.1. The lowest BCUT2D eigenvalue weighted by Gasteiger charge is -2.21. The van der Waals surface area contributed by atoms with Crippen LogP contribution in [0.1, 0.15) is 19.3 Å². The van der Waals surface area contributed by atoms with E-state index in [1.165, 1.54) is 5.01 Å². The van der Waals surface area contributed by atoms with Crippen LogP contribution in [0.4, 0.5) is 23.1 Å². The summed E-state index contributed by atoms with van der Waals surface area (Å²) >= 11 is 0. The van der Waals surface area contributed by atoms with Crippen molar-refractivity contribution < 1.29 is 4.74 Å². The maximum atomic E-state index is 6.21. The van der Waals surface area contributed by atoms with Gasteiger partial charge in [0.15, 0.2) is 5.82 Å². The van der Waals surface area contributed by atoms with Crippen molar-refractivity contribution in [3.63, 3.8) is 0 Å². The van der Waals surface area contributed by atoms with Gasteiger partial charge in [-0.3, -0.25) is 5.01 Å². The van der Waals surface area contributed by atoms with Crippen molar-refractivity contribution in [3.8, 4) is 5.75 Å². The standard InChI is InChI=1S/C17H25N7O/c1-25-14-6-4-13(5-7-14)24(20)16-15(19)10-21-17(23-16)22-12-3-2-11(8-12)9-18/h4-7,10-12H,2-3,8-9,18-20H2,1H3,(H,21,22,23). The van der Waals surface area contributed by atoms with E-state index in [9.17, 15) is 0 Å². The molecule has 1 aromatic carbocycles. The molecule has 0 saturated heterocycles. The SMILES string of the molecule is COc1ccc(N(N)c2nc(NC3CCC(CN)C3)ncc2N)cc1. The Balaban J connectivity index is 1.76. The monoisotopic (exact) mass is 343 g/mol. The molecular weight excluding hydrogens is 318 g/mol. The number of rotatable bonds is 6. The van der Waals surface area contributed by atoms with Crippen LogP contribution in [0.2, 0.25) is 0 Å². The molecule has 8 heteroatoms. The van der Waals surface area contributed by atoms with E-state index in [-0.39, 0.29) is 0 Å². The summed E-state index contributed by atoms with van der Waals surface area (Å²) in [6, 6.07) is 7.68. The topological polar surface area (TPSA) is 128 Å². The molecule has 0 amide bonds. The Morgan fingerprint density at radius 2 is 2.04 bits per heavy atom. The first-order valence-electron chi connectivity index (χ1n) is 8.38. The molecule has 1 heterocycles. The van der Waals surface area contributed by atoms with Crippen molar-refractivity contribution in [1.29, 1.82) is 0 Å². The first kappa shape index (κ1) is 17.2. The second-order valence-electron chi connectivity index (χ2n) is 6.30. The Kier molecular flexibility index (Phi) is 5.20. The minimum Gasteiger partial charge on any atom is -0.497 e. The van der Waals surface area contributed by atoms with Gasteiger partial charge in [0.1, 0.15) is 5.75 Å². The van der Waals surface area contributed by atoms with Gasteiger partial charge in [-0.25, -0.2) is 10.8 Å². The Labute approximate surface area is 147 Å². The Bertz CT molecular complexity index is 707. The molecule has 1 fully saturated rings. The fourth-order valence-corrected chi connectivity index (χ4v) is 3.11. The van der Waals surface area contributed by atoms with E-state index in [2.05, 4.69) is 15.3 Å². The Hall–Kier alpha value is -2.58. The highest BCUT2D eigenvalue weighted by Gasteiger charge is 2.24. The molecule has 2 aromatic rings. The zero-order chi connectivity index (χ0) is 17.8. The molecule has 7 N–H and O–H groups in total. The van der Waals surface area contributed by atoms with Gasteiger partial charge in [0.05, 0.1) is 24.7 Å². The van der Waals surface area contributed by atoms with Gasteiger partial charge >= 0.3 is 0 Å². The van der Waals surface area contributed by atoms with Crippen LogP contribution in [0.25, 0.3) is 0 Å². The number of hydrogen-bond acceptors (Lipinski definition) is 8.